The molecule has 1 rings (SSSR count). The first kappa shape index (κ1) is 14.3. The topological polar surface area (TPSA) is 65.1 Å². The number of hydrogen-bond acceptors (Lipinski definition) is 4. The van der Waals surface area contributed by atoms with Gasteiger partial charge < -0.3 is 16.0 Å². The van der Waals surface area contributed by atoms with E-state index >= 15 is 0 Å². The van der Waals surface area contributed by atoms with Crippen molar-refractivity contribution in [1.82, 2.24) is 4.90 Å². The second kappa shape index (κ2) is 7.57. The molecule has 18 heavy (non-hydrogen) atoms. The van der Waals surface area contributed by atoms with E-state index in [0.29, 0.717) is 11.3 Å². The van der Waals surface area contributed by atoms with E-state index in [-0.39, 0.29) is 0 Å². The van der Waals surface area contributed by atoms with Gasteiger partial charge in [0.25, 0.3) is 0 Å². The van der Waals surface area contributed by atoms with Gasteiger partial charge in [-0.15, -0.1) is 0 Å². The molecule has 0 saturated heterocycles. The molecule has 0 aliphatic rings. The standard InChI is InChI=1S/C14H22N4/c1-3-18(4-2)9-5-8-17-14-7-6-12(11-15)10-13(14)16/h6-7,10,17H,3-5,8-9,16H2,1-2H3. The highest BCUT2D eigenvalue weighted by Crippen LogP contribution is 2.19. The van der Waals surface area contributed by atoms with Gasteiger partial charge in [0.1, 0.15) is 0 Å². The molecule has 0 aliphatic carbocycles. The Hall–Kier alpha value is -1.73. The minimum absolute atomic E-state index is 0.598. The van der Waals surface area contributed by atoms with E-state index in [1.54, 1.807) is 12.1 Å². The maximum Gasteiger partial charge on any atom is 0.0992 e. The summed E-state index contributed by atoms with van der Waals surface area (Å²) in [5, 5.41) is 12.1. The Labute approximate surface area is 109 Å². The van der Waals surface area contributed by atoms with Crippen LogP contribution in [0.2, 0.25) is 0 Å². The highest BCUT2D eigenvalue weighted by molar-refractivity contribution is 5.68. The number of rotatable bonds is 7. The van der Waals surface area contributed by atoms with Crippen LogP contribution in [0.25, 0.3) is 0 Å². The van der Waals surface area contributed by atoms with Crippen molar-refractivity contribution < 1.29 is 0 Å². The molecule has 0 amide bonds. The fourth-order valence-corrected chi connectivity index (χ4v) is 1.86. The molecule has 4 nitrogen and oxygen atoms in total. The number of benzene rings is 1. The minimum Gasteiger partial charge on any atom is -0.397 e. The van der Waals surface area contributed by atoms with Crippen molar-refractivity contribution in [2.75, 3.05) is 37.2 Å². The normalized spacial score (nSPS) is 10.3. The van der Waals surface area contributed by atoms with E-state index in [4.69, 9.17) is 11.0 Å². The third kappa shape index (κ3) is 4.27. The van der Waals surface area contributed by atoms with Crippen LogP contribution >= 0.6 is 0 Å². The molecule has 0 aliphatic heterocycles. The fourth-order valence-electron chi connectivity index (χ4n) is 1.86. The smallest absolute Gasteiger partial charge is 0.0992 e. The number of nitrogens with zero attached hydrogens (tertiary/aromatic N) is 2. The van der Waals surface area contributed by atoms with E-state index < -0.39 is 0 Å². The largest absolute Gasteiger partial charge is 0.397 e. The van der Waals surface area contributed by atoms with Crippen molar-refractivity contribution in [2.45, 2.75) is 20.3 Å². The van der Waals surface area contributed by atoms with Crippen LogP contribution in [-0.4, -0.2) is 31.1 Å². The molecule has 0 heterocycles. The quantitative estimate of drug-likeness (QED) is 0.572. The van der Waals surface area contributed by atoms with Gasteiger partial charge in [-0.05, 0) is 44.3 Å². The molecule has 1 aromatic carbocycles. The summed E-state index contributed by atoms with van der Waals surface area (Å²) in [5.41, 5.74) is 8.01. The summed E-state index contributed by atoms with van der Waals surface area (Å²) in [6.07, 6.45) is 1.08. The van der Waals surface area contributed by atoms with Crippen LogP contribution in [0.15, 0.2) is 18.2 Å². The lowest BCUT2D eigenvalue weighted by atomic mass is 10.2. The van der Waals surface area contributed by atoms with Crippen molar-refractivity contribution in [2.24, 2.45) is 0 Å². The average molecular weight is 246 g/mol. The minimum atomic E-state index is 0.598. The van der Waals surface area contributed by atoms with Gasteiger partial charge in [-0.3, -0.25) is 0 Å². The summed E-state index contributed by atoms with van der Waals surface area (Å²) < 4.78 is 0. The maximum atomic E-state index is 8.75. The summed E-state index contributed by atoms with van der Waals surface area (Å²) in [6.45, 7) is 8.53. The zero-order valence-electron chi connectivity index (χ0n) is 11.2. The zero-order valence-corrected chi connectivity index (χ0v) is 11.2. The van der Waals surface area contributed by atoms with Gasteiger partial charge in [-0.1, -0.05) is 13.8 Å². The molecule has 0 atom stereocenters. The molecular weight excluding hydrogens is 224 g/mol. The van der Waals surface area contributed by atoms with Crippen LogP contribution in [0.4, 0.5) is 11.4 Å². The highest BCUT2D eigenvalue weighted by Gasteiger charge is 2.01. The molecule has 3 N–H and O–H groups in total. The fraction of sp³-hybridized carbons (Fsp3) is 0.500. The summed E-state index contributed by atoms with van der Waals surface area (Å²) in [4.78, 5) is 2.39. The molecule has 1 aromatic rings. The molecule has 0 fully saturated rings. The molecule has 4 heteroatoms. The van der Waals surface area contributed by atoms with E-state index in [1.807, 2.05) is 6.07 Å². The number of anilines is 2. The van der Waals surface area contributed by atoms with Crippen molar-refractivity contribution in [3.8, 4) is 6.07 Å². The first-order valence-corrected chi connectivity index (χ1v) is 6.47. The van der Waals surface area contributed by atoms with Crippen molar-refractivity contribution in [1.29, 1.82) is 5.26 Å². The summed E-state index contributed by atoms with van der Waals surface area (Å²) in [6, 6.07) is 7.43. The zero-order chi connectivity index (χ0) is 13.4. The molecule has 98 valence electrons. The SMILES string of the molecule is CCN(CC)CCCNc1ccc(C#N)cc1N. The molecule has 0 spiro atoms. The number of nitrogens with two attached hydrogens (primary N) is 1. The van der Waals surface area contributed by atoms with Crippen LogP contribution in [0, 0.1) is 11.3 Å². The van der Waals surface area contributed by atoms with Crippen LogP contribution < -0.4 is 11.1 Å². The summed E-state index contributed by atoms with van der Waals surface area (Å²) in [5.74, 6) is 0. The lowest BCUT2D eigenvalue weighted by Gasteiger charge is -2.18. The number of nitriles is 1. The van der Waals surface area contributed by atoms with Crippen LogP contribution in [-0.2, 0) is 0 Å². The van der Waals surface area contributed by atoms with Gasteiger partial charge in [0.05, 0.1) is 23.0 Å². The van der Waals surface area contributed by atoms with E-state index in [2.05, 4.69) is 30.1 Å². The lowest BCUT2D eigenvalue weighted by molar-refractivity contribution is 0.303. The Morgan fingerprint density at radius 3 is 2.61 bits per heavy atom. The third-order valence-corrected chi connectivity index (χ3v) is 3.04. The van der Waals surface area contributed by atoms with E-state index in [0.717, 1.165) is 38.3 Å². The van der Waals surface area contributed by atoms with Crippen LogP contribution in [0.1, 0.15) is 25.8 Å². The summed E-state index contributed by atoms with van der Waals surface area (Å²) >= 11 is 0. The predicted molar refractivity (Wildman–Crippen MR) is 76.5 cm³/mol. The van der Waals surface area contributed by atoms with Crippen molar-refractivity contribution in [3.63, 3.8) is 0 Å². The lowest BCUT2D eigenvalue weighted by Crippen LogP contribution is -2.25. The van der Waals surface area contributed by atoms with Crippen LogP contribution in [0.3, 0.4) is 0 Å². The predicted octanol–water partition coefficient (Wildman–Crippen LogP) is 2.28. The van der Waals surface area contributed by atoms with Crippen LogP contribution in [0.5, 0.6) is 0 Å². The second-order valence-corrected chi connectivity index (χ2v) is 4.22. The molecule has 0 unspecified atom stereocenters. The van der Waals surface area contributed by atoms with E-state index in [9.17, 15) is 0 Å². The van der Waals surface area contributed by atoms with Gasteiger partial charge in [0, 0.05) is 6.54 Å². The van der Waals surface area contributed by atoms with Crippen molar-refractivity contribution >= 4 is 11.4 Å². The van der Waals surface area contributed by atoms with Gasteiger partial charge in [-0.2, -0.15) is 5.26 Å². The Morgan fingerprint density at radius 2 is 2.06 bits per heavy atom. The molecule has 0 radical (unpaired) electrons. The van der Waals surface area contributed by atoms with Gasteiger partial charge >= 0.3 is 0 Å². The Bertz CT molecular complexity index is 405. The first-order chi connectivity index (χ1) is 8.71. The summed E-state index contributed by atoms with van der Waals surface area (Å²) in [7, 11) is 0. The molecule has 0 bridgehead atoms. The molecule has 0 saturated carbocycles. The Kier molecular flexibility index (Phi) is 6.03. The highest BCUT2D eigenvalue weighted by atomic mass is 15.1. The third-order valence-electron chi connectivity index (χ3n) is 3.04. The number of nitrogen functional groups attached to an aromatic ring is 1. The number of hydrogen-bond donors (Lipinski definition) is 2. The Balaban J connectivity index is 2.38. The van der Waals surface area contributed by atoms with Gasteiger partial charge in [-0.25, -0.2) is 0 Å². The monoisotopic (exact) mass is 246 g/mol. The number of nitrogens with one attached hydrogen (secondary N) is 1. The van der Waals surface area contributed by atoms with E-state index in [1.165, 1.54) is 0 Å². The van der Waals surface area contributed by atoms with Crippen molar-refractivity contribution in [3.05, 3.63) is 23.8 Å². The Morgan fingerprint density at radius 1 is 1.33 bits per heavy atom. The average Bonchev–Trinajstić information content (AvgIpc) is 2.40. The first-order valence-electron chi connectivity index (χ1n) is 6.47. The maximum absolute atomic E-state index is 8.75. The second-order valence-electron chi connectivity index (χ2n) is 4.22. The van der Waals surface area contributed by atoms with Gasteiger partial charge in [0.2, 0.25) is 0 Å². The molecular formula is C14H22N4. The van der Waals surface area contributed by atoms with Gasteiger partial charge in [0.15, 0.2) is 0 Å². The molecule has 0 aromatic heterocycles.